The van der Waals surface area contributed by atoms with Gasteiger partial charge in [0.2, 0.25) is 0 Å². The maximum atomic E-state index is 12.3. The highest BCUT2D eigenvalue weighted by molar-refractivity contribution is 7.19. The molecule has 2 heterocycles. The number of aromatic amines is 1. The summed E-state index contributed by atoms with van der Waals surface area (Å²) in [4.78, 5) is 23.1. The van der Waals surface area contributed by atoms with E-state index in [1.54, 1.807) is 17.4 Å². The second kappa shape index (κ2) is 7.19. The SMILES string of the molecule is CCN(Cc1nc2ccccc2c(=O)[nH]1)Cc1sc2ccccc2c1Cl. The molecule has 0 aliphatic heterocycles. The number of fused-ring (bicyclic) bond motifs is 2. The van der Waals surface area contributed by atoms with Gasteiger partial charge in [0.15, 0.2) is 0 Å². The number of nitrogens with one attached hydrogen (secondary N) is 1. The second-order valence-electron chi connectivity index (χ2n) is 6.17. The smallest absolute Gasteiger partial charge is 0.258 e. The van der Waals surface area contributed by atoms with Gasteiger partial charge in [0.1, 0.15) is 5.82 Å². The van der Waals surface area contributed by atoms with Crippen molar-refractivity contribution in [1.29, 1.82) is 0 Å². The van der Waals surface area contributed by atoms with Gasteiger partial charge >= 0.3 is 0 Å². The molecule has 0 amide bonds. The average Bonchev–Trinajstić information content (AvgIpc) is 2.97. The first kappa shape index (κ1) is 17.2. The summed E-state index contributed by atoms with van der Waals surface area (Å²) in [6.07, 6.45) is 0. The van der Waals surface area contributed by atoms with Gasteiger partial charge in [-0.2, -0.15) is 0 Å². The summed E-state index contributed by atoms with van der Waals surface area (Å²) < 4.78 is 1.20. The standard InChI is InChI=1S/C20H18ClN3OS/c1-2-24(11-17-19(21)14-8-4-6-10-16(14)26-17)12-18-22-15-9-5-3-7-13(15)20(25)23-18/h3-10H,2,11-12H2,1H3,(H,22,23,25). The van der Waals surface area contributed by atoms with Crippen LogP contribution in [-0.2, 0) is 13.1 Å². The lowest BCUT2D eigenvalue weighted by molar-refractivity contribution is 0.267. The summed E-state index contributed by atoms with van der Waals surface area (Å²) in [5.74, 6) is 0.674. The minimum Gasteiger partial charge on any atom is -0.309 e. The number of benzene rings is 2. The zero-order valence-corrected chi connectivity index (χ0v) is 15.9. The van der Waals surface area contributed by atoms with Crippen molar-refractivity contribution in [1.82, 2.24) is 14.9 Å². The first-order chi connectivity index (χ1) is 12.7. The number of thiophene rings is 1. The highest BCUT2D eigenvalue weighted by atomic mass is 35.5. The normalized spacial score (nSPS) is 11.7. The minimum absolute atomic E-state index is 0.0958. The summed E-state index contributed by atoms with van der Waals surface area (Å²) in [6, 6.07) is 15.6. The number of halogens is 1. The topological polar surface area (TPSA) is 49.0 Å². The lowest BCUT2D eigenvalue weighted by Crippen LogP contribution is -2.25. The molecule has 0 unspecified atom stereocenters. The van der Waals surface area contributed by atoms with Crippen LogP contribution in [0.15, 0.2) is 53.3 Å². The third-order valence-electron chi connectivity index (χ3n) is 4.45. The Labute approximate surface area is 160 Å². The maximum Gasteiger partial charge on any atom is 0.258 e. The van der Waals surface area contributed by atoms with Crippen molar-refractivity contribution in [3.05, 3.63) is 74.6 Å². The van der Waals surface area contributed by atoms with Crippen molar-refractivity contribution in [2.45, 2.75) is 20.0 Å². The van der Waals surface area contributed by atoms with E-state index >= 15 is 0 Å². The van der Waals surface area contributed by atoms with E-state index < -0.39 is 0 Å². The Kier molecular flexibility index (Phi) is 4.76. The third kappa shape index (κ3) is 3.26. The van der Waals surface area contributed by atoms with Gasteiger partial charge in [-0.15, -0.1) is 11.3 Å². The zero-order valence-electron chi connectivity index (χ0n) is 14.3. The molecule has 132 valence electrons. The lowest BCUT2D eigenvalue weighted by atomic mass is 10.2. The molecule has 0 saturated carbocycles. The van der Waals surface area contributed by atoms with Crippen LogP contribution in [0.4, 0.5) is 0 Å². The largest absolute Gasteiger partial charge is 0.309 e. The Bertz CT molecular complexity index is 1130. The Balaban J connectivity index is 1.61. The Morgan fingerprint density at radius 1 is 1.08 bits per heavy atom. The molecule has 4 rings (SSSR count). The predicted molar refractivity (Wildman–Crippen MR) is 109 cm³/mol. The number of H-pyrrole nitrogens is 1. The third-order valence-corrected chi connectivity index (χ3v) is 6.15. The van der Waals surface area contributed by atoms with Crippen LogP contribution in [0, 0.1) is 0 Å². The molecule has 2 aromatic heterocycles. The number of aromatic nitrogens is 2. The van der Waals surface area contributed by atoms with Crippen molar-refractivity contribution < 1.29 is 0 Å². The minimum atomic E-state index is -0.0958. The summed E-state index contributed by atoms with van der Waals surface area (Å²) in [5.41, 5.74) is 0.628. The van der Waals surface area contributed by atoms with Crippen molar-refractivity contribution in [3.8, 4) is 0 Å². The van der Waals surface area contributed by atoms with Crippen LogP contribution >= 0.6 is 22.9 Å². The van der Waals surface area contributed by atoms with Gasteiger partial charge in [0, 0.05) is 21.5 Å². The van der Waals surface area contributed by atoms with Crippen molar-refractivity contribution >= 4 is 43.9 Å². The zero-order chi connectivity index (χ0) is 18.1. The molecule has 1 N–H and O–H groups in total. The summed E-state index contributed by atoms with van der Waals surface area (Å²) in [6.45, 7) is 4.23. The molecular formula is C20H18ClN3OS. The summed E-state index contributed by atoms with van der Waals surface area (Å²) in [5, 5.41) is 2.54. The predicted octanol–water partition coefficient (Wildman–Crippen LogP) is 4.81. The Hall–Kier alpha value is -2.21. The Morgan fingerprint density at radius 3 is 2.58 bits per heavy atom. The van der Waals surface area contributed by atoms with Crippen LogP contribution in [0.3, 0.4) is 0 Å². The molecule has 0 radical (unpaired) electrons. The molecule has 26 heavy (non-hydrogen) atoms. The van der Waals surface area contributed by atoms with Gasteiger partial charge in [0.05, 0.1) is 22.5 Å². The Morgan fingerprint density at radius 2 is 1.81 bits per heavy atom. The van der Waals surface area contributed by atoms with Gasteiger partial charge in [-0.25, -0.2) is 4.98 Å². The number of nitrogens with zero attached hydrogens (tertiary/aromatic N) is 2. The van der Waals surface area contributed by atoms with Crippen LogP contribution in [0.2, 0.25) is 5.02 Å². The first-order valence-electron chi connectivity index (χ1n) is 8.52. The van der Waals surface area contributed by atoms with E-state index in [2.05, 4.69) is 33.9 Å². The molecule has 0 atom stereocenters. The molecule has 4 nitrogen and oxygen atoms in total. The van der Waals surface area contributed by atoms with E-state index in [0.29, 0.717) is 17.8 Å². The summed E-state index contributed by atoms with van der Waals surface area (Å²) >= 11 is 8.29. The van der Waals surface area contributed by atoms with E-state index in [1.807, 2.05) is 30.3 Å². The molecule has 2 aromatic carbocycles. The van der Waals surface area contributed by atoms with Gasteiger partial charge < -0.3 is 4.98 Å². The van der Waals surface area contributed by atoms with Crippen molar-refractivity contribution in [2.24, 2.45) is 0 Å². The van der Waals surface area contributed by atoms with Crippen molar-refractivity contribution in [3.63, 3.8) is 0 Å². The average molecular weight is 384 g/mol. The molecule has 6 heteroatoms. The van der Waals surface area contributed by atoms with E-state index in [4.69, 9.17) is 11.6 Å². The van der Waals surface area contributed by atoms with Gasteiger partial charge in [-0.05, 0) is 24.7 Å². The highest BCUT2D eigenvalue weighted by Crippen LogP contribution is 2.35. The van der Waals surface area contributed by atoms with Crippen LogP contribution in [0.1, 0.15) is 17.6 Å². The second-order valence-corrected chi connectivity index (χ2v) is 7.68. The van der Waals surface area contributed by atoms with Crippen LogP contribution in [-0.4, -0.2) is 21.4 Å². The number of rotatable bonds is 5. The molecule has 0 bridgehead atoms. The molecule has 0 saturated heterocycles. The number of para-hydroxylation sites is 1. The molecule has 0 spiro atoms. The molecule has 0 aliphatic carbocycles. The molecular weight excluding hydrogens is 366 g/mol. The van der Waals surface area contributed by atoms with E-state index in [0.717, 1.165) is 33.9 Å². The van der Waals surface area contributed by atoms with Gasteiger partial charge in [0.25, 0.3) is 5.56 Å². The fourth-order valence-electron chi connectivity index (χ4n) is 3.07. The van der Waals surface area contributed by atoms with Gasteiger partial charge in [-0.3, -0.25) is 9.69 Å². The van der Waals surface area contributed by atoms with E-state index in [-0.39, 0.29) is 5.56 Å². The molecule has 0 aliphatic rings. The first-order valence-corrected chi connectivity index (χ1v) is 9.71. The highest BCUT2D eigenvalue weighted by Gasteiger charge is 2.14. The molecule has 4 aromatic rings. The maximum absolute atomic E-state index is 12.3. The van der Waals surface area contributed by atoms with Crippen LogP contribution in [0.5, 0.6) is 0 Å². The van der Waals surface area contributed by atoms with E-state index in [1.165, 1.54) is 4.70 Å². The van der Waals surface area contributed by atoms with Gasteiger partial charge in [-0.1, -0.05) is 48.9 Å². The summed E-state index contributed by atoms with van der Waals surface area (Å²) in [7, 11) is 0. The number of hydrogen-bond acceptors (Lipinski definition) is 4. The van der Waals surface area contributed by atoms with E-state index in [9.17, 15) is 4.79 Å². The quantitative estimate of drug-likeness (QED) is 0.537. The lowest BCUT2D eigenvalue weighted by Gasteiger charge is -2.19. The van der Waals surface area contributed by atoms with Crippen molar-refractivity contribution in [2.75, 3.05) is 6.54 Å². The molecule has 0 fully saturated rings. The van der Waals surface area contributed by atoms with Crippen LogP contribution < -0.4 is 5.56 Å². The number of hydrogen-bond donors (Lipinski definition) is 1. The monoisotopic (exact) mass is 383 g/mol. The fraction of sp³-hybridized carbons (Fsp3) is 0.200. The van der Waals surface area contributed by atoms with Crippen LogP contribution in [0.25, 0.3) is 21.0 Å². The fourth-order valence-corrected chi connectivity index (χ4v) is 4.61.